The van der Waals surface area contributed by atoms with E-state index in [1.807, 2.05) is 0 Å². The third kappa shape index (κ3) is 30.6. The van der Waals surface area contributed by atoms with Gasteiger partial charge in [0, 0.05) is 12.5 Å². The number of rotatable bonds is 17. The fourth-order valence-corrected chi connectivity index (χ4v) is 2.99. The molecule has 4 N–H and O–H groups in total. The van der Waals surface area contributed by atoms with Gasteiger partial charge in [-0.15, -0.1) is 0 Å². The topological polar surface area (TPSA) is 205 Å². The smallest absolute Gasteiger partial charge is 0.391 e. The molecule has 1 aliphatic heterocycles. The predicted octanol–water partition coefficient (Wildman–Crippen LogP) is 3.29. The second-order valence-electron chi connectivity index (χ2n) is 9.25. The zero-order valence-electron chi connectivity index (χ0n) is 23.8. The second-order valence-corrected chi connectivity index (χ2v) is 14.4. The summed E-state index contributed by atoms with van der Waals surface area (Å²) in [6.45, 7) is 2.20. The lowest BCUT2D eigenvalue weighted by Crippen LogP contribution is -2.34. The highest BCUT2D eigenvalue weighted by molar-refractivity contribution is 7.92. The van der Waals surface area contributed by atoms with E-state index in [9.17, 15) is 39.5 Å². The first-order chi connectivity index (χ1) is 18.4. The first-order valence-corrected chi connectivity index (χ1v) is 18.0. The minimum absolute atomic E-state index is 0.267. The SMILES string of the molecule is CCCCCCC(O)COCC(F)(F)S(C)(=O)=O.CCCCCCC1CO1.CS(=O)(=O)C(F)(F)CO.O=S(=O)(O)O. The van der Waals surface area contributed by atoms with Crippen molar-refractivity contribution in [3.05, 3.63) is 0 Å². The number of halogens is 4. The van der Waals surface area contributed by atoms with Gasteiger partial charge in [0.25, 0.3) is 0 Å². The highest BCUT2D eigenvalue weighted by Crippen LogP contribution is 2.21. The van der Waals surface area contributed by atoms with Gasteiger partial charge in [0.15, 0.2) is 0 Å². The number of aliphatic hydroxyl groups is 2. The van der Waals surface area contributed by atoms with Gasteiger partial charge in [0.2, 0.25) is 19.7 Å². The number of aliphatic hydroxyl groups excluding tert-OH is 2. The number of hydrogen-bond acceptors (Lipinski definition) is 10. The fourth-order valence-electron chi connectivity index (χ4n) is 2.46. The number of alkyl halides is 4. The summed E-state index contributed by atoms with van der Waals surface area (Å²) >= 11 is 0. The number of hydrogen-bond donors (Lipinski definition) is 4. The van der Waals surface area contributed by atoms with Gasteiger partial charge >= 0.3 is 20.9 Å². The molecule has 41 heavy (non-hydrogen) atoms. The van der Waals surface area contributed by atoms with Crippen molar-refractivity contribution in [3.63, 3.8) is 0 Å². The Kier molecular flexibility index (Phi) is 23.9. The van der Waals surface area contributed by atoms with E-state index >= 15 is 0 Å². The monoisotopic (exact) mass is 674 g/mol. The van der Waals surface area contributed by atoms with Gasteiger partial charge in [-0.05, 0) is 12.8 Å². The zero-order chi connectivity index (χ0) is 33.0. The minimum atomic E-state index is -4.67. The number of sulfone groups is 2. The van der Waals surface area contributed by atoms with Crippen LogP contribution in [0.25, 0.3) is 0 Å². The molecule has 0 bridgehead atoms. The molecule has 2 atom stereocenters. The lowest BCUT2D eigenvalue weighted by atomic mass is 10.1. The molecule has 0 aromatic rings. The van der Waals surface area contributed by atoms with Crippen molar-refractivity contribution in [1.29, 1.82) is 0 Å². The summed E-state index contributed by atoms with van der Waals surface area (Å²) in [4.78, 5) is 0. The van der Waals surface area contributed by atoms with Crippen molar-refractivity contribution in [2.75, 3.05) is 38.9 Å². The van der Waals surface area contributed by atoms with E-state index in [0.29, 0.717) is 25.0 Å². The van der Waals surface area contributed by atoms with E-state index in [2.05, 4.69) is 18.6 Å². The van der Waals surface area contributed by atoms with Crippen LogP contribution in [0, 0.1) is 0 Å². The highest BCUT2D eigenvalue weighted by atomic mass is 32.3. The Labute approximate surface area is 241 Å². The summed E-state index contributed by atoms with van der Waals surface area (Å²) in [5.74, 6) is 0. The van der Waals surface area contributed by atoms with Crippen LogP contribution in [0.5, 0.6) is 0 Å². The van der Waals surface area contributed by atoms with Crippen molar-refractivity contribution in [2.24, 2.45) is 0 Å². The van der Waals surface area contributed by atoms with E-state index in [-0.39, 0.29) is 6.61 Å². The molecule has 2 unspecified atom stereocenters. The molecule has 19 heteroatoms. The average molecular weight is 675 g/mol. The first kappa shape index (κ1) is 44.8. The van der Waals surface area contributed by atoms with E-state index < -0.39 is 59.9 Å². The van der Waals surface area contributed by atoms with E-state index in [4.69, 9.17) is 27.4 Å². The van der Waals surface area contributed by atoms with Crippen molar-refractivity contribution in [1.82, 2.24) is 0 Å². The molecular weight excluding hydrogens is 628 g/mol. The van der Waals surface area contributed by atoms with E-state index in [1.54, 1.807) is 0 Å². The van der Waals surface area contributed by atoms with Crippen LogP contribution in [0.4, 0.5) is 17.6 Å². The Hall–Kier alpha value is -0.670. The Morgan fingerprint density at radius 2 is 1.24 bits per heavy atom. The summed E-state index contributed by atoms with van der Waals surface area (Å²) in [5, 5.41) is 9.34. The van der Waals surface area contributed by atoms with Crippen LogP contribution in [0.2, 0.25) is 0 Å². The van der Waals surface area contributed by atoms with Crippen LogP contribution in [0.1, 0.15) is 78.1 Å². The summed E-state index contributed by atoms with van der Waals surface area (Å²) < 4.78 is 132. The van der Waals surface area contributed by atoms with Crippen molar-refractivity contribution < 1.29 is 71.6 Å². The van der Waals surface area contributed by atoms with Crippen molar-refractivity contribution >= 4 is 30.1 Å². The minimum Gasteiger partial charge on any atom is -0.391 e. The quantitative estimate of drug-likeness (QED) is 0.0759. The number of epoxide rings is 1. The molecule has 0 saturated carbocycles. The molecular formula is C22H46F4O12S3. The van der Waals surface area contributed by atoms with Crippen LogP contribution in [-0.2, 0) is 39.5 Å². The maximum atomic E-state index is 12.9. The molecule has 0 spiro atoms. The molecule has 1 fully saturated rings. The Morgan fingerprint density at radius 1 is 0.829 bits per heavy atom. The fraction of sp³-hybridized carbons (Fsp3) is 1.00. The van der Waals surface area contributed by atoms with Crippen LogP contribution < -0.4 is 0 Å². The van der Waals surface area contributed by atoms with E-state index in [1.165, 1.54) is 32.1 Å². The third-order valence-electron chi connectivity index (χ3n) is 5.02. The van der Waals surface area contributed by atoms with Crippen molar-refractivity contribution in [2.45, 2.75) is 101 Å². The maximum Gasteiger partial charge on any atom is 0.394 e. The van der Waals surface area contributed by atoms with Crippen LogP contribution >= 0.6 is 0 Å². The van der Waals surface area contributed by atoms with Gasteiger partial charge in [-0.2, -0.15) is 26.0 Å². The summed E-state index contributed by atoms with van der Waals surface area (Å²) in [5.41, 5.74) is 0. The molecule has 0 radical (unpaired) electrons. The maximum absolute atomic E-state index is 12.9. The van der Waals surface area contributed by atoms with Gasteiger partial charge in [-0.3, -0.25) is 9.11 Å². The summed E-state index contributed by atoms with van der Waals surface area (Å²) in [6, 6.07) is 0. The molecule has 0 aromatic carbocycles. The van der Waals surface area contributed by atoms with Crippen LogP contribution in [0.15, 0.2) is 0 Å². The molecule has 1 heterocycles. The third-order valence-corrected chi connectivity index (χ3v) is 7.44. The average Bonchev–Trinajstić information content (AvgIpc) is 3.62. The second kappa shape index (κ2) is 21.9. The molecule has 0 aliphatic carbocycles. The summed E-state index contributed by atoms with van der Waals surface area (Å²) in [7, 11) is -13.6. The molecule has 252 valence electrons. The first-order valence-electron chi connectivity index (χ1n) is 12.8. The molecule has 0 aromatic heterocycles. The summed E-state index contributed by atoms with van der Waals surface area (Å²) in [6.07, 6.45) is 11.9. The van der Waals surface area contributed by atoms with Gasteiger partial charge in [-0.25, -0.2) is 16.8 Å². The Bertz CT molecular complexity index is 964. The van der Waals surface area contributed by atoms with Gasteiger partial charge in [0.05, 0.1) is 25.4 Å². The molecule has 1 rings (SSSR count). The normalized spacial score (nSPS) is 16.2. The molecule has 1 saturated heterocycles. The standard InChI is InChI=1S/C11H22F2O4S.C8H16O.C3H6F2O3S.H2O4S/c1-3-4-5-6-7-10(14)8-17-9-11(12,13)18(2,15)16;1-2-3-4-5-6-8-7-9-8;1-9(7,8)3(4,5)2-6;1-5(2,3)4/h10,14H,3-9H2,1-2H3;8H,2-7H2,1H3;6H,2H2,1H3;(H2,1,2,3,4). The van der Waals surface area contributed by atoms with Crippen LogP contribution in [-0.4, -0.2) is 106 Å². The van der Waals surface area contributed by atoms with Crippen molar-refractivity contribution in [3.8, 4) is 0 Å². The lowest BCUT2D eigenvalue weighted by Gasteiger charge is -2.16. The van der Waals surface area contributed by atoms with Gasteiger partial charge < -0.3 is 19.7 Å². The predicted molar refractivity (Wildman–Crippen MR) is 145 cm³/mol. The molecule has 1 aliphatic rings. The number of unbranched alkanes of at least 4 members (excludes halogenated alkanes) is 6. The Balaban J connectivity index is -0.000000525. The van der Waals surface area contributed by atoms with Gasteiger partial charge in [-0.1, -0.05) is 65.2 Å². The zero-order valence-corrected chi connectivity index (χ0v) is 26.3. The van der Waals surface area contributed by atoms with Crippen LogP contribution in [0.3, 0.4) is 0 Å². The van der Waals surface area contributed by atoms with E-state index in [0.717, 1.165) is 32.3 Å². The Morgan fingerprint density at radius 3 is 1.56 bits per heavy atom. The largest absolute Gasteiger partial charge is 0.394 e. The highest BCUT2D eigenvalue weighted by Gasteiger charge is 2.42. The molecule has 12 nitrogen and oxygen atoms in total. The molecule has 0 amide bonds. The number of ether oxygens (including phenoxy) is 2. The van der Waals surface area contributed by atoms with Gasteiger partial charge in [0.1, 0.15) is 13.2 Å². The lowest BCUT2D eigenvalue weighted by molar-refractivity contribution is -0.0432.